The Labute approximate surface area is 182 Å². The summed E-state index contributed by atoms with van der Waals surface area (Å²) in [6.45, 7) is 10.9. The molecule has 0 aliphatic carbocycles. The first-order chi connectivity index (χ1) is 14.0. The van der Waals surface area contributed by atoms with Crippen molar-refractivity contribution < 1.29 is 24.0 Å². The van der Waals surface area contributed by atoms with E-state index in [-0.39, 0.29) is 13.0 Å². The summed E-state index contributed by atoms with van der Waals surface area (Å²) in [5.74, 6) is -0.538. The van der Waals surface area contributed by atoms with Gasteiger partial charge < -0.3 is 9.79 Å². The molecule has 0 aliphatic heterocycles. The molecule has 0 unspecified atom stereocenters. The summed E-state index contributed by atoms with van der Waals surface area (Å²) in [5.41, 5.74) is 7.57. The lowest BCUT2D eigenvalue weighted by atomic mass is 10.0. The number of nitrogens with one attached hydrogen (secondary N) is 1. The van der Waals surface area contributed by atoms with Gasteiger partial charge >= 0.3 is 7.60 Å². The molecule has 0 rings (SSSR count). The largest absolute Gasteiger partial charge is 0.326 e. The van der Waals surface area contributed by atoms with Crippen molar-refractivity contribution in [2.24, 2.45) is 0 Å². The summed E-state index contributed by atoms with van der Waals surface area (Å²) in [6, 6.07) is 0. The van der Waals surface area contributed by atoms with Gasteiger partial charge in [-0.1, -0.05) is 46.6 Å². The summed E-state index contributed by atoms with van der Waals surface area (Å²) in [7, 11) is -4.15. The zero-order valence-corrected chi connectivity index (χ0v) is 20.1. The molecule has 0 saturated carbocycles. The zero-order valence-electron chi connectivity index (χ0n) is 19.2. The molecular weight excluding hydrogens is 401 g/mol. The number of allylic oxidation sites excluding steroid dienone is 7. The van der Waals surface area contributed by atoms with E-state index < -0.39 is 19.7 Å². The van der Waals surface area contributed by atoms with Crippen LogP contribution in [-0.4, -0.2) is 28.5 Å². The van der Waals surface area contributed by atoms with Crippen LogP contribution in [0, 0.1) is 0 Å². The lowest BCUT2D eigenvalue weighted by Gasteiger charge is -2.06. The van der Waals surface area contributed by atoms with Crippen LogP contribution in [0.5, 0.6) is 0 Å². The Morgan fingerprint density at radius 3 is 1.73 bits per heavy atom. The fraction of sp³-hybridized carbons (Fsp3) is 0.609. The maximum Gasteiger partial charge on any atom is 0.326 e. The molecule has 0 saturated heterocycles. The van der Waals surface area contributed by atoms with E-state index in [4.69, 9.17) is 14.6 Å². The van der Waals surface area contributed by atoms with Gasteiger partial charge in [0.05, 0.1) is 12.8 Å². The molecule has 0 fully saturated rings. The first-order valence-corrected chi connectivity index (χ1v) is 12.3. The van der Waals surface area contributed by atoms with Crippen molar-refractivity contribution in [1.29, 1.82) is 0 Å². The normalized spacial score (nSPS) is 13.4. The Kier molecular flexibility index (Phi) is 15.5. The Bertz CT molecular complexity index is 682. The van der Waals surface area contributed by atoms with E-state index >= 15 is 0 Å². The van der Waals surface area contributed by atoms with Gasteiger partial charge in [0.25, 0.3) is 0 Å². The van der Waals surface area contributed by atoms with Gasteiger partial charge in [0.1, 0.15) is 0 Å². The standard InChI is InChI=1S/C23H40NO5P/c1-19(2)9-6-10-20(3)11-7-12-21(4)13-8-14-22(5)15-17-29-24-23(25)16-18-30(26,27)28/h9,11,13,15H,6-8,10,12,14,16-18H2,1-5H3,(H,24,25)(H2,26,27,28)/b20-11-,21-13-,22-15-. The van der Waals surface area contributed by atoms with Crippen molar-refractivity contribution in [3.05, 3.63) is 46.6 Å². The van der Waals surface area contributed by atoms with Gasteiger partial charge in [0.15, 0.2) is 0 Å². The molecule has 0 aromatic rings. The van der Waals surface area contributed by atoms with Crippen LogP contribution in [-0.2, 0) is 14.2 Å². The summed E-state index contributed by atoms with van der Waals surface area (Å²) in [5, 5.41) is 0. The average Bonchev–Trinajstić information content (AvgIpc) is 2.62. The molecule has 3 N–H and O–H groups in total. The third-order valence-electron chi connectivity index (χ3n) is 4.49. The SMILES string of the molecule is CC(C)=CCC/C(C)=C\CC/C(C)=C\CC/C(C)=C\CONC(=O)CCP(=O)(O)O. The fourth-order valence-electron chi connectivity index (χ4n) is 2.59. The maximum absolute atomic E-state index is 11.4. The van der Waals surface area contributed by atoms with E-state index in [0.717, 1.165) is 38.5 Å². The number of hydrogen-bond acceptors (Lipinski definition) is 3. The van der Waals surface area contributed by atoms with Gasteiger partial charge in [0.2, 0.25) is 5.91 Å². The molecule has 0 aliphatic rings. The summed E-state index contributed by atoms with van der Waals surface area (Å²) in [4.78, 5) is 33.8. The van der Waals surface area contributed by atoms with Crippen LogP contribution < -0.4 is 5.48 Å². The number of hydrogen-bond donors (Lipinski definition) is 3. The lowest BCUT2D eigenvalue weighted by molar-refractivity contribution is -0.132. The maximum atomic E-state index is 11.4. The average molecular weight is 442 g/mol. The predicted octanol–water partition coefficient (Wildman–Crippen LogP) is 5.75. The summed E-state index contributed by atoms with van der Waals surface area (Å²) >= 11 is 0. The number of carbonyl (C=O) groups excluding carboxylic acids is 1. The Balaban J connectivity index is 3.99. The first-order valence-electron chi connectivity index (χ1n) is 10.5. The van der Waals surface area contributed by atoms with Crippen LogP contribution in [0.4, 0.5) is 0 Å². The van der Waals surface area contributed by atoms with Gasteiger partial charge in [0, 0.05) is 6.42 Å². The van der Waals surface area contributed by atoms with Gasteiger partial charge in [-0.25, -0.2) is 5.48 Å². The van der Waals surface area contributed by atoms with E-state index in [1.807, 2.05) is 13.0 Å². The topological polar surface area (TPSA) is 95.9 Å². The smallest absolute Gasteiger partial charge is 0.324 e. The second-order valence-corrected chi connectivity index (χ2v) is 9.80. The van der Waals surface area contributed by atoms with Crippen LogP contribution in [0.1, 0.15) is 79.6 Å². The molecule has 7 heteroatoms. The molecule has 0 radical (unpaired) electrons. The highest BCUT2D eigenvalue weighted by atomic mass is 31.2. The summed E-state index contributed by atoms with van der Waals surface area (Å²) < 4.78 is 10.7. The number of hydroxylamine groups is 1. The second kappa shape index (κ2) is 16.3. The number of amides is 1. The monoisotopic (exact) mass is 441 g/mol. The highest BCUT2D eigenvalue weighted by Gasteiger charge is 2.15. The van der Waals surface area contributed by atoms with Gasteiger partial charge in [-0.3, -0.25) is 14.2 Å². The quantitative estimate of drug-likeness (QED) is 0.130. The zero-order chi connectivity index (χ0) is 23.0. The van der Waals surface area contributed by atoms with E-state index in [0.29, 0.717) is 0 Å². The van der Waals surface area contributed by atoms with Crippen molar-refractivity contribution >= 4 is 13.5 Å². The highest BCUT2D eigenvalue weighted by molar-refractivity contribution is 7.51. The van der Waals surface area contributed by atoms with Crippen LogP contribution >= 0.6 is 7.60 Å². The highest BCUT2D eigenvalue weighted by Crippen LogP contribution is 2.34. The van der Waals surface area contributed by atoms with E-state index in [1.165, 1.54) is 22.3 Å². The first kappa shape index (κ1) is 28.5. The van der Waals surface area contributed by atoms with Crippen LogP contribution in [0.3, 0.4) is 0 Å². The third kappa shape index (κ3) is 19.8. The van der Waals surface area contributed by atoms with Crippen LogP contribution in [0.2, 0.25) is 0 Å². The predicted molar refractivity (Wildman–Crippen MR) is 124 cm³/mol. The number of carbonyl (C=O) groups is 1. The van der Waals surface area contributed by atoms with Crippen LogP contribution in [0.15, 0.2) is 46.6 Å². The van der Waals surface area contributed by atoms with E-state index in [1.54, 1.807) is 0 Å². The third-order valence-corrected chi connectivity index (χ3v) is 5.29. The molecule has 172 valence electrons. The second-order valence-electron chi connectivity index (χ2n) is 8.02. The molecule has 6 nitrogen and oxygen atoms in total. The number of rotatable bonds is 15. The van der Waals surface area contributed by atoms with E-state index in [9.17, 15) is 9.36 Å². The van der Waals surface area contributed by atoms with Gasteiger partial charge in [-0.15, -0.1) is 0 Å². The summed E-state index contributed by atoms with van der Waals surface area (Å²) in [6.07, 6.45) is 14.3. The Hall–Kier alpha value is -1.46. The van der Waals surface area contributed by atoms with Gasteiger partial charge in [-0.2, -0.15) is 0 Å². The van der Waals surface area contributed by atoms with Gasteiger partial charge in [-0.05, 0) is 73.1 Å². The van der Waals surface area contributed by atoms with Crippen molar-refractivity contribution in [3.63, 3.8) is 0 Å². The molecule has 0 atom stereocenters. The Morgan fingerprint density at radius 1 is 0.800 bits per heavy atom. The molecular formula is C23H40NO5P. The molecule has 0 spiro atoms. The molecule has 0 aromatic heterocycles. The van der Waals surface area contributed by atoms with Crippen molar-refractivity contribution in [2.75, 3.05) is 12.8 Å². The molecule has 1 amide bonds. The molecule has 0 heterocycles. The van der Waals surface area contributed by atoms with Crippen LogP contribution in [0.25, 0.3) is 0 Å². The van der Waals surface area contributed by atoms with E-state index in [2.05, 4.69) is 51.4 Å². The van der Waals surface area contributed by atoms with Crippen molar-refractivity contribution in [3.8, 4) is 0 Å². The minimum Gasteiger partial charge on any atom is -0.324 e. The minimum absolute atomic E-state index is 0.229. The molecule has 30 heavy (non-hydrogen) atoms. The van der Waals surface area contributed by atoms with Crippen molar-refractivity contribution in [2.45, 2.75) is 79.6 Å². The minimum atomic E-state index is -4.15. The molecule has 0 aromatic carbocycles. The lowest BCUT2D eigenvalue weighted by Crippen LogP contribution is -2.24. The fourth-order valence-corrected chi connectivity index (χ4v) is 3.09. The Morgan fingerprint density at radius 2 is 1.27 bits per heavy atom. The van der Waals surface area contributed by atoms with Crippen molar-refractivity contribution in [1.82, 2.24) is 5.48 Å². The molecule has 0 bridgehead atoms.